The molecule has 0 N–H and O–H groups in total. The van der Waals surface area contributed by atoms with Crippen LogP contribution in [-0.2, 0) is 0 Å². The van der Waals surface area contributed by atoms with E-state index in [0.29, 0.717) is 11.5 Å². The molecule has 0 amide bonds. The van der Waals surface area contributed by atoms with Gasteiger partial charge in [-0.1, -0.05) is 54.6 Å². The maximum Gasteiger partial charge on any atom is 0.135 e. The van der Waals surface area contributed by atoms with Crippen molar-refractivity contribution in [1.29, 1.82) is 0 Å². The Morgan fingerprint density at radius 2 is 0.794 bits per heavy atom. The molecule has 174 valence electrons. The Balaban J connectivity index is 2.21. The lowest BCUT2D eigenvalue weighted by atomic mass is 9.87. The molecule has 0 heterocycles. The lowest BCUT2D eigenvalue weighted by Crippen LogP contribution is -2.01. The van der Waals surface area contributed by atoms with Gasteiger partial charge in [-0.15, -0.1) is 0 Å². The number of hydrogen-bond donors (Lipinski definition) is 0. The van der Waals surface area contributed by atoms with E-state index in [0.717, 1.165) is 50.6 Å². The molecular weight excluding hydrogens is 428 g/mol. The van der Waals surface area contributed by atoms with Gasteiger partial charge in [0, 0.05) is 33.4 Å². The maximum absolute atomic E-state index is 6.11. The fraction of sp³-hybridized carbons (Fsp3) is 0.172. The summed E-state index contributed by atoms with van der Waals surface area (Å²) >= 11 is 0. The summed E-state index contributed by atoms with van der Waals surface area (Å²) < 4.78 is 29.2. The smallest absolute Gasteiger partial charge is 0.135 e. The largest absolute Gasteiger partial charge is 0.496 e. The summed E-state index contributed by atoms with van der Waals surface area (Å²) in [7, 11) is 8.32. The summed E-state index contributed by atoms with van der Waals surface area (Å²) in [5.74, 6) is 3.53. The topological polar surface area (TPSA) is 46.2 Å². The van der Waals surface area contributed by atoms with Crippen LogP contribution in [0.2, 0.25) is 0 Å². The van der Waals surface area contributed by atoms with Crippen molar-refractivity contribution < 1.29 is 23.7 Å². The third-order valence-corrected chi connectivity index (χ3v) is 5.82. The van der Waals surface area contributed by atoms with Crippen LogP contribution in [-0.4, -0.2) is 35.5 Å². The minimum atomic E-state index is 0.673. The first-order valence-electron chi connectivity index (χ1n) is 10.9. The molecule has 4 aromatic carbocycles. The van der Waals surface area contributed by atoms with Gasteiger partial charge in [-0.3, -0.25) is 0 Å². The number of para-hydroxylation sites is 3. The molecule has 0 aliphatic heterocycles. The van der Waals surface area contributed by atoms with Gasteiger partial charge >= 0.3 is 0 Å². The van der Waals surface area contributed by atoms with Crippen molar-refractivity contribution in [2.45, 2.75) is 0 Å². The predicted molar refractivity (Wildman–Crippen MR) is 136 cm³/mol. The standard InChI is InChI=1S/C29H28O5/c1-30-23-15-9-6-12-19(23)22-18-26(33-4)27(20-13-7-10-16-24(20)31-2)28(29(22)34-5)21-14-8-11-17-25(21)32-3/h6-18H,1-5H3. The summed E-state index contributed by atoms with van der Waals surface area (Å²) in [6.07, 6.45) is 0. The van der Waals surface area contributed by atoms with E-state index in [2.05, 4.69) is 0 Å². The number of rotatable bonds is 8. The molecule has 0 aliphatic rings. The average Bonchev–Trinajstić information content (AvgIpc) is 2.91. The summed E-state index contributed by atoms with van der Waals surface area (Å²) in [6, 6.07) is 25.6. The molecule has 4 rings (SSSR count). The molecular formula is C29H28O5. The molecule has 0 bridgehead atoms. The van der Waals surface area contributed by atoms with E-state index in [-0.39, 0.29) is 0 Å². The molecule has 0 radical (unpaired) electrons. The molecule has 5 heteroatoms. The molecule has 4 aromatic rings. The summed E-state index contributed by atoms with van der Waals surface area (Å²) in [5, 5.41) is 0. The van der Waals surface area contributed by atoms with Crippen molar-refractivity contribution >= 4 is 0 Å². The van der Waals surface area contributed by atoms with Gasteiger partial charge in [-0.05, 0) is 24.3 Å². The van der Waals surface area contributed by atoms with E-state index in [4.69, 9.17) is 23.7 Å². The normalized spacial score (nSPS) is 10.5. The quantitative estimate of drug-likeness (QED) is 0.294. The van der Waals surface area contributed by atoms with Crippen LogP contribution >= 0.6 is 0 Å². The molecule has 0 atom stereocenters. The van der Waals surface area contributed by atoms with Crippen LogP contribution in [0.1, 0.15) is 0 Å². The van der Waals surface area contributed by atoms with E-state index in [1.165, 1.54) is 0 Å². The molecule has 0 saturated heterocycles. The Hall–Kier alpha value is -4.12. The Bertz CT molecular complexity index is 1300. The number of ether oxygens (including phenoxy) is 5. The van der Waals surface area contributed by atoms with E-state index in [1.54, 1.807) is 35.5 Å². The fourth-order valence-corrected chi connectivity index (χ4v) is 4.31. The second-order valence-corrected chi connectivity index (χ2v) is 7.51. The Morgan fingerprint density at radius 1 is 0.382 bits per heavy atom. The van der Waals surface area contributed by atoms with Crippen molar-refractivity contribution in [3.8, 4) is 62.1 Å². The molecule has 0 aliphatic carbocycles. The average molecular weight is 457 g/mol. The van der Waals surface area contributed by atoms with Crippen molar-refractivity contribution in [2.24, 2.45) is 0 Å². The van der Waals surface area contributed by atoms with Crippen LogP contribution in [0, 0.1) is 0 Å². The SMILES string of the molecule is COc1ccccc1-c1cc(OC)c(-c2ccccc2OC)c(-c2ccccc2OC)c1OC. The number of methoxy groups -OCH3 is 5. The van der Waals surface area contributed by atoms with Crippen LogP contribution < -0.4 is 23.7 Å². The fourth-order valence-electron chi connectivity index (χ4n) is 4.31. The first-order chi connectivity index (χ1) is 16.7. The van der Waals surface area contributed by atoms with Crippen molar-refractivity contribution in [3.05, 3.63) is 78.9 Å². The second-order valence-electron chi connectivity index (χ2n) is 7.51. The lowest BCUT2D eigenvalue weighted by molar-refractivity contribution is 0.401. The van der Waals surface area contributed by atoms with Gasteiger partial charge in [0.15, 0.2) is 0 Å². The molecule has 0 fully saturated rings. The van der Waals surface area contributed by atoms with Gasteiger partial charge in [0.2, 0.25) is 0 Å². The highest BCUT2D eigenvalue weighted by atomic mass is 16.5. The molecule has 34 heavy (non-hydrogen) atoms. The predicted octanol–water partition coefficient (Wildman–Crippen LogP) is 6.73. The van der Waals surface area contributed by atoms with E-state index in [1.807, 2.05) is 78.9 Å². The monoisotopic (exact) mass is 456 g/mol. The molecule has 0 unspecified atom stereocenters. The van der Waals surface area contributed by atoms with E-state index < -0.39 is 0 Å². The number of hydrogen-bond acceptors (Lipinski definition) is 5. The summed E-state index contributed by atoms with van der Waals surface area (Å²) in [5.41, 5.74) is 5.18. The maximum atomic E-state index is 6.11. The molecule has 0 spiro atoms. The summed E-state index contributed by atoms with van der Waals surface area (Å²) in [6.45, 7) is 0. The van der Waals surface area contributed by atoms with Crippen molar-refractivity contribution in [2.75, 3.05) is 35.5 Å². The highest BCUT2D eigenvalue weighted by molar-refractivity contribution is 6.00. The van der Waals surface area contributed by atoms with Crippen LogP contribution in [0.15, 0.2) is 78.9 Å². The molecule has 0 saturated carbocycles. The Labute approximate surface area is 200 Å². The van der Waals surface area contributed by atoms with Gasteiger partial charge < -0.3 is 23.7 Å². The zero-order chi connectivity index (χ0) is 24.1. The van der Waals surface area contributed by atoms with Gasteiger partial charge in [-0.2, -0.15) is 0 Å². The van der Waals surface area contributed by atoms with Crippen LogP contribution in [0.4, 0.5) is 0 Å². The second kappa shape index (κ2) is 10.2. The van der Waals surface area contributed by atoms with Gasteiger partial charge in [0.25, 0.3) is 0 Å². The first kappa shape index (κ1) is 23.1. The lowest BCUT2D eigenvalue weighted by Gasteiger charge is -2.24. The molecule has 0 aromatic heterocycles. The summed E-state index contributed by atoms with van der Waals surface area (Å²) in [4.78, 5) is 0. The minimum Gasteiger partial charge on any atom is -0.496 e. The van der Waals surface area contributed by atoms with E-state index >= 15 is 0 Å². The zero-order valence-corrected chi connectivity index (χ0v) is 20.0. The van der Waals surface area contributed by atoms with Crippen LogP contribution in [0.5, 0.6) is 28.7 Å². The van der Waals surface area contributed by atoms with Gasteiger partial charge in [-0.25, -0.2) is 0 Å². The van der Waals surface area contributed by atoms with Crippen molar-refractivity contribution in [3.63, 3.8) is 0 Å². The van der Waals surface area contributed by atoms with Gasteiger partial charge in [0.1, 0.15) is 28.7 Å². The Morgan fingerprint density at radius 3 is 1.26 bits per heavy atom. The van der Waals surface area contributed by atoms with Crippen LogP contribution in [0.3, 0.4) is 0 Å². The van der Waals surface area contributed by atoms with Crippen LogP contribution in [0.25, 0.3) is 33.4 Å². The first-order valence-corrected chi connectivity index (χ1v) is 10.9. The zero-order valence-electron chi connectivity index (χ0n) is 20.0. The number of benzene rings is 4. The Kier molecular flexibility index (Phi) is 6.93. The van der Waals surface area contributed by atoms with Crippen molar-refractivity contribution in [1.82, 2.24) is 0 Å². The highest BCUT2D eigenvalue weighted by Gasteiger charge is 2.27. The molecule has 5 nitrogen and oxygen atoms in total. The third-order valence-electron chi connectivity index (χ3n) is 5.82. The highest BCUT2D eigenvalue weighted by Crippen LogP contribution is 2.54. The third kappa shape index (κ3) is 4.01. The van der Waals surface area contributed by atoms with E-state index in [9.17, 15) is 0 Å². The van der Waals surface area contributed by atoms with Gasteiger partial charge in [0.05, 0.1) is 35.5 Å². The minimum absolute atomic E-state index is 0.673.